The van der Waals surface area contributed by atoms with Crippen LogP contribution in [0.25, 0.3) is 0 Å². The maximum Gasteiger partial charge on any atom is 0.243 e. The average molecular weight is 397 g/mol. The average Bonchev–Trinajstić information content (AvgIpc) is 2.72. The van der Waals surface area contributed by atoms with Crippen molar-refractivity contribution in [2.75, 3.05) is 30.4 Å². The summed E-state index contributed by atoms with van der Waals surface area (Å²) in [6, 6.07) is 15.0. The van der Waals surface area contributed by atoms with E-state index in [2.05, 4.69) is 24.1 Å². The number of anilines is 2. The van der Waals surface area contributed by atoms with E-state index in [0.29, 0.717) is 18.0 Å². The van der Waals surface area contributed by atoms with E-state index in [9.17, 15) is 4.79 Å². The fourth-order valence-electron chi connectivity index (χ4n) is 2.65. The predicted molar refractivity (Wildman–Crippen MR) is 120 cm³/mol. The predicted octanol–water partition coefficient (Wildman–Crippen LogP) is 5.65. The monoisotopic (exact) mass is 396 g/mol. The topological polar surface area (TPSA) is 59.6 Å². The van der Waals surface area contributed by atoms with E-state index in [-0.39, 0.29) is 12.5 Å². The van der Waals surface area contributed by atoms with Crippen molar-refractivity contribution in [1.29, 1.82) is 0 Å². The minimum Gasteiger partial charge on any atom is -0.494 e. The Labute approximate surface area is 174 Å². The van der Waals surface area contributed by atoms with Gasteiger partial charge in [0.05, 0.1) is 13.2 Å². The lowest BCUT2D eigenvalue weighted by atomic mass is 10.2. The van der Waals surface area contributed by atoms with Gasteiger partial charge in [0.15, 0.2) is 0 Å². The lowest BCUT2D eigenvalue weighted by Crippen LogP contribution is -2.21. The zero-order chi connectivity index (χ0) is 20.9. The van der Waals surface area contributed by atoms with Gasteiger partial charge in [-0.15, -0.1) is 0 Å². The smallest absolute Gasteiger partial charge is 0.243 e. The molecule has 0 saturated heterocycles. The van der Waals surface area contributed by atoms with E-state index in [4.69, 9.17) is 9.47 Å². The van der Waals surface area contributed by atoms with Crippen LogP contribution in [0.5, 0.6) is 11.5 Å². The number of amides is 1. The molecule has 2 aromatic rings. The van der Waals surface area contributed by atoms with Crippen LogP contribution in [-0.4, -0.2) is 25.7 Å². The van der Waals surface area contributed by atoms with Gasteiger partial charge in [-0.3, -0.25) is 4.79 Å². The summed E-state index contributed by atoms with van der Waals surface area (Å²) < 4.78 is 11.3. The Kier molecular flexibility index (Phi) is 9.63. The first-order valence-corrected chi connectivity index (χ1v) is 10.2. The molecule has 0 fully saturated rings. The van der Waals surface area contributed by atoms with Crippen molar-refractivity contribution in [2.24, 2.45) is 0 Å². The largest absolute Gasteiger partial charge is 0.494 e. The summed E-state index contributed by atoms with van der Waals surface area (Å²) in [6.45, 7) is 9.29. The third kappa shape index (κ3) is 9.19. The second-order valence-electron chi connectivity index (χ2n) is 7.11. The maximum atomic E-state index is 12.2. The van der Waals surface area contributed by atoms with E-state index >= 15 is 0 Å². The van der Waals surface area contributed by atoms with Crippen LogP contribution in [-0.2, 0) is 4.79 Å². The molecule has 0 radical (unpaired) electrons. The molecule has 0 aliphatic rings. The molecule has 0 unspecified atom stereocenters. The van der Waals surface area contributed by atoms with Crippen molar-refractivity contribution in [1.82, 2.24) is 0 Å². The van der Waals surface area contributed by atoms with Gasteiger partial charge in [0, 0.05) is 17.4 Å². The number of hydrogen-bond acceptors (Lipinski definition) is 4. The molecule has 0 spiro atoms. The van der Waals surface area contributed by atoms with E-state index in [1.807, 2.05) is 49.4 Å². The van der Waals surface area contributed by atoms with Crippen molar-refractivity contribution in [2.45, 2.75) is 39.5 Å². The Bertz CT molecular complexity index is 772. The molecule has 0 bridgehead atoms. The molecule has 156 valence electrons. The van der Waals surface area contributed by atoms with Crippen LogP contribution < -0.4 is 20.1 Å². The van der Waals surface area contributed by atoms with E-state index in [1.54, 1.807) is 6.07 Å². The third-order valence-corrected chi connectivity index (χ3v) is 4.18. The highest BCUT2D eigenvalue weighted by molar-refractivity contribution is 5.93. The summed E-state index contributed by atoms with van der Waals surface area (Å²) in [6.07, 6.45) is 4.75. The molecule has 0 aliphatic carbocycles. The van der Waals surface area contributed by atoms with Crippen LogP contribution >= 0.6 is 0 Å². The normalized spacial score (nSPS) is 10.3. The van der Waals surface area contributed by atoms with Crippen molar-refractivity contribution < 1.29 is 14.3 Å². The molecule has 2 rings (SSSR count). The first-order valence-electron chi connectivity index (χ1n) is 10.2. The van der Waals surface area contributed by atoms with Crippen molar-refractivity contribution >= 4 is 17.3 Å². The van der Waals surface area contributed by atoms with E-state index < -0.39 is 0 Å². The van der Waals surface area contributed by atoms with Gasteiger partial charge in [-0.2, -0.15) is 0 Å². The van der Waals surface area contributed by atoms with Crippen LogP contribution in [0, 0.1) is 0 Å². The molecule has 0 aliphatic heterocycles. The number of ether oxygens (including phenoxy) is 2. The summed E-state index contributed by atoms with van der Waals surface area (Å²) in [5.74, 6) is 1.42. The zero-order valence-corrected chi connectivity index (χ0v) is 17.5. The van der Waals surface area contributed by atoms with Gasteiger partial charge >= 0.3 is 0 Å². The molecule has 5 nitrogen and oxygen atoms in total. The molecule has 29 heavy (non-hydrogen) atoms. The Morgan fingerprint density at radius 3 is 2.48 bits per heavy atom. The van der Waals surface area contributed by atoms with Crippen LogP contribution in [0.3, 0.4) is 0 Å². The van der Waals surface area contributed by atoms with E-state index in [0.717, 1.165) is 30.0 Å². The van der Waals surface area contributed by atoms with Gasteiger partial charge in [-0.25, -0.2) is 0 Å². The van der Waals surface area contributed by atoms with Crippen LogP contribution in [0.15, 0.2) is 60.7 Å². The van der Waals surface area contributed by atoms with Gasteiger partial charge in [0.2, 0.25) is 5.91 Å². The Morgan fingerprint density at radius 1 is 0.966 bits per heavy atom. The second kappa shape index (κ2) is 12.5. The number of carbonyl (C=O) groups is 1. The van der Waals surface area contributed by atoms with Gasteiger partial charge in [0.25, 0.3) is 0 Å². The molecule has 2 N–H and O–H groups in total. The maximum absolute atomic E-state index is 12.2. The van der Waals surface area contributed by atoms with Crippen molar-refractivity contribution in [3.8, 4) is 11.5 Å². The van der Waals surface area contributed by atoms with Crippen molar-refractivity contribution in [3.63, 3.8) is 0 Å². The van der Waals surface area contributed by atoms with Crippen LogP contribution in [0.4, 0.5) is 11.4 Å². The highest BCUT2D eigenvalue weighted by Crippen LogP contribution is 2.18. The van der Waals surface area contributed by atoms with Crippen LogP contribution in [0.2, 0.25) is 0 Å². The Balaban J connectivity index is 1.73. The first-order chi connectivity index (χ1) is 14.1. The third-order valence-electron chi connectivity index (χ3n) is 4.18. The van der Waals surface area contributed by atoms with Gasteiger partial charge in [0.1, 0.15) is 18.1 Å². The number of hydrogen-bond donors (Lipinski definition) is 2. The molecular formula is C24H32N2O3. The number of rotatable bonds is 13. The highest BCUT2D eigenvalue weighted by atomic mass is 16.5. The number of carbonyl (C=O) groups excluding carboxylic acids is 1. The Morgan fingerprint density at radius 2 is 1.76 bits per heavy atom. The summed E-state index contributed by atoms with van der Waals surface area (Å²) >= 11 is 0. The lowest BCUT2D eigenvalue weighted by Gasteiger charge is -2.11. The fraction of sp³-hybridized carbons (Fsp3) is 0.375. The summed E-state index contributed by atoms with van der Waals surface area (Å²) in [4.78, 5) is 12.2. The number of unbranched alkanes of at least 4 members (excludes halogenated alkanes) is 3. The molecule has 0 atom stereocenters. The minimum atomic E-state index is -0.127. The van der Waals surface area contributed by atoms with Crippen LogP contribution in [0.1, 0.15) is 39.5 Å². The molecule has 5 heteroatoms. The molecule has 0 aromatic heterocycles. The van der Waals surface area contributed by atoms with Gasteiger partial charge in [-0.1, -0.05) is 38.8 Å². The molecule has 2 aromatic carbocycles. The molecule has 1 amide bonds. The van der Waals surface area contributed by atoms with Gasteiger partial charge in [-0.05, 0) is 55.3 Å². The van der Waals surface area contributed by atoms with Gasteiger partial charge < -0.3 is 20.1 Å². The zero-order valence-electron chi connectivity index (χ0n) is 17.5. The van der Waals surface area contributed by atoms with Crippen molar-refractivity contribution in [3.05, 3.63) is 60.7 Å². The molecular weight excluding hydrogens is 364 g/mol. The molecule has 0 saturated carbocycles. The fourth-order valence-corrected chi connectivity index (χ4v) is 2.65. The number of benzene rings is 2. The summed E-state index contributed by atoms with van der Waals surface area (Å²) in [7, 11) is 0. The SMILES string of the molecule is C=C(C)COc1cccc(NC(=O)CNc2ccc(OCCCCCC)cc2)c1. The first kappa shape index (κ1) is 22.3. The molecule has 0 heterocycles. The summed E-state index contributed by atoms with van der Waals surface area (Å²) in [5, 5.41) is 5.99. The number of nitrogens with one attached hydrogen (secondary N) is 2. The highest BCUT2D eigenvalue weighted by Gasteiger charge is 2.04. The second-order valence-corrected chi connectivity index (χ2v) is 7.11. The lowest BCUT2D eigenvalue weighted by molar-refractivity contribution is -0.114. The van der Waals surface area contributed by atoms with E-state index in [1.165, 1.54) is 19.3 Å². The Hall–Kier alpha value is -2.95. The minimum absolute atomic E-state index is 0.127. The standard InChI is InChI=1S/C24H32N2O3/c1-4-5-6-7-15-28-22-13-11-20(12-14-22)25-17-24(27)26-21-9-8-10-23(16-21)29-18-19(2)3/h8-14,16,25H,2,4-7,15,17-18H2,1,3H3,(H,26,27). The summed E-state index contributed by atoms with van der Waals surface area (Å²) in [5.41, 5.74) is 2.51. The quantitative estimate of drug-likeness (QED) is 0.339.